The van der Waals surface area contributed by atoms with Gasteiger partial charge in [-0.3, -0.25) is 9.78 Å². The van der Waals surface area contributed by atoms with Gasteiger partial charge in [0.1, 0.15) is 10.7 Å². The van der Waals surface area contributed by atoms with Crippen LogP contribution in [0, 0.1) is 17.7 Å². The molecule has 1 amide bonds. The first kappa shape index (κ1) is 18.1. The maximum absolute atomic E-state index is 13.8. The molecule has 2 aromatic rings. The fraction of sp³-hybridized carbons (Fsp3) is 0.368. The Labute approximate surface area is 157 Å². The van der Waals surface area contributed by atoms with Crippen LogP contribution in [0.1, 0.15) is 18.5 Å². The fourth-order valence-electron chi connectivity index (χ4n) is 4.29. The molecule has 27 heavy (non-hydrogen) atoms. The topological polar surface area (TPSA) is 70.6 Å². The summed E-state index contributed by atoms with van der Waals surface area (Å²) in [5, 5.41) is 0. The Bertz CT molecular complexity index is 967. The van der Waals surface area contributed by atoms with Crippen LogP contribution in [0.4, 0.5) is 4.39 Å². The number of carbonyl (C=O) groups excluding carboxylic acids is 1. The standard InChI is InChI=1S/C19H20FN3O3S/c1-13(24)23-11-15-10-22(27(25,26)17-6-3-7-21-9-17)12-18(15)19(23)14-4-2-5-16(20)8-14/h2-9,15,18-19H,10-12H2,1H3/t15-,18-,19+/m1/s1. The van der Waals surface area contributed by atoms with E-state index in [1.54, 1.807) is 23.1 Å². The van der Waals surface area contributed by atoms with Crippen molar-refractivity contribution in [3.05, 3.63) is 60.2 Å². The van der Waals surface area contributed by atoms with Crippen LogP contribution in [0.5, 0.6) is 0 Å². The average Bonchev–Trinajstić information content (AvgIpc) is 3.20. The van der Waals surface area contributed by atoms with E-state index in [0.29, 0.717) is 25.2 Å². The van der Waals surface area contributed by atoms with Crippen molar-refractivity contribution in [1.82, 2.24) is 14.2 Å². The maximum atomic E-state index is 13.8. The quantitative estimate of drug-likeness (QED) is 0.806. The predicted octanol–water partition coefficient (Wildman–Crippen LogP) is 2.06. The highest BCUT2D eigenvalue weighted by Crippen LogP contribution is 2.46. The first-order chi connectivity index (χ1) is 12.9. The molecule has 1 aromatic carbocycles. The van der Waals surface area contributed by atoms with Gasteiger partial charge < -0.3 is 4.90 Å². The molecule has 1 aromatic heterocycles. The lowest BCUT2D eigenvalue weighted by atomic mass is 9.89. The summed E-state index contributed by atoms with van der Waals surface area (Å²) < 4.78 is 41.1. The lowest BCUT2D eigenvalue weighted by Crippen LogP contribution is -2.36. The number of hydrogen-bond acceptors (Lipinski definition) is 4. The molecule has 142 valence electrons. The van der Waals surface area contributed by atoms with Gasteiger partial charge in [-0.25, -0.2) is 12.8 Å². The van der Waals surface area contributed by atoms with Crippen LogP contribution >= 0.6 is 0 Å². The molecule has 0 aliphatic carbocycles. The van der Waals surface area contributed by atoms with Crippen molar-refractivity contribution in [2.24, 2.45) is 11.8 Å². The summed E-state index contributed by atoms with van der Waals surface area (Å²) in [4.78, 5) is 17.9. The minimum atomic E-state index is -3.64. The number of fused-ring (bicyclic) bond motifs is 1. The molecule has 0 spiro atoms. The molecule has 2 aliphatic heterocycles. The number of hydrogen-bond donors (Lipinski definition) is 0. The van der Waals surface area contributed by atoms with Crippen LogP contribution in [0.2, 0.25) is 0 Å². The van der Waals surface area contributed by atoms with Gasteiger partial charge in [0, 0.05) is 44.9 Å². The molecule has 3 heterocycles. The van der Waals surface area contributed by atoms with Gasteiger partial charge in [-0.1, -0.05) is 12.1 Å². The van der Waals surface area contributed by atoms with Crippen LogP contribution in [-0.2, 0) is 14.8 Å². The molecule has 0 unspecified atom stereocenters. The molecular weight excluding hydrogens is 369 g/mol. The zero-order valence-electron chi connectivity index (χ0n) is 14.8. The van der Waals surface area contributed by atoms with Crippen LogP contribution < -0.4 is 0 Å². The number of aromatic nitrogens is 1. The van der Waals surface area contributed by atoms with Gasteiger partial charge in [-0.15, -0.1) is 0 Å². The minimum absolute atomic E-state index is 0.0219. The first-order valence-corrected chi connectivity index (χ1v) is 10.2. The Morgan fingerprint density at radius 2 is 2.00 bits per heavy atom. The second-order valence-electron chi connectivity index (χ2n) is 7.11. The van der Waals surface area contributed by atoms with Gasteiger partial charge >= 0.3 is 0 Å². The van der Waals surface area contributed by atoms with Crippen molar-refractivity contribution in [2.45, 2.75) is 17.9 Å². The maximum Gasteiger partial charge on any atom is 0.244 e. The van der Waals surface area contributed by atoms with Crippen LogP contribution in [0.25, 0.3) is 0 Å². The normalized spacial score (nSPS) is 25.6. The van der Waals surface area contributed by atoms with Crippen LogP contribution in [-0.4, -0.2) is 48.1 Å². The molecule has 0 bridgehead atoms. The largest absolute Gasteiger partial charge is 0.335 e. The monoisotopic (exact) mass is 389 g/mol. The Morgan fingerprint density at radius 3 is 2.67 bits per heavy atom. The lowest BCUT2D eigenvalue weighted by Gasteiger charge is -2.29. The van der Waals surface area contributed by atoms with E-state index in [1.807, 2.05) is 0 Å². The summed E-state index contributed by atoms with van der Waals surface area (Å²) in [6.45, 7) is 2.61. The number of rotatable bonds is 3. The molecule has 0 N–H and O–H groups in total. The van der Waals surface area contributed by atoms with Crippen LogP contribution in [0.3, 0.4) is 0 Å². The van der Waals surface area contributed by atoms with Crippen molar-refractivity contribution in [2.75, 3.05) is 19.6 Å². The Balaban J connectivity index is 1.65. The number of sulfonamides is 1. The molecule has 3 atom stereocenters. The van der Waals surface area contributed by atoms with Crippen LogP contribution in [0.15, 0.2) is 53.7 Å². The first-order valence-electron chi connectivity index (χ1n) is 8.81. The SMILES string of the molecule is CC(=O)N1C[C@H]2CN(S(=O)(=O)c3cccnc3)C[C@H]2[C@@H]1c1cccc(F)c1. The number of benzene rings is 1. The Kier molecular flexibility index (Phi) is 4.47. The van der Waals surface area contributed by atoms with E-state index in [-0.39, 0.29) is 34.5 Å². The third-order valence-electron chi connectivity index (χ3n) is 5.50. The third-order valence-corrected chi connectivity index (χ3v) is 7.31. The summed E-state index contributed by atoms with van der Waals surface area (Å²) in [7, 11) is -3.64. The summed E-state index contributed by atoms with van der Waals surface area (Å²) in [5.74, 6) is -0.492. The Morgan fingerprint density at radius 1 is 1.19 bits per heavy atom. The van der Waals surface area contributed by atoms with E-state index in [0.717, 1.165) is 0 Å². The van der Waals surface area contributed by atoms with Gasteiger partial charge in [-0.2, -0.15) is 4.31 Å². The second kappa shape index (κ2) is 6.69. The van der Waals surface area contributed by atoms with Gasteiger partial charge in [0.25, 0.3) is 0 Å². The number of pyridine rings is 1. The van der Waals surface area contributed by atoms with Crippen molar-refractivity contribution in [3.8, 4) is 0 Å². The number of halogens is 1. The molecule has 2 saturated heterocycles. The van der Waals surface area contributed by atoms with Gasteiger partial charge in [0.15, 0.2) is 0 Å². The predicted molar refractivity (Wildman–Crippen MR) is 96.5 cm³/mol. The third kappa shape index (κ3) is 3.12. The molecule has 4 rings (SSSR count). The van der Waals surface area contributed by atoms with Crippen molar-refractivity contribution in [1.29, 1.82) is 0 Å². The summed E-state index contributed by atoms with van der Waals surface area (Å²) in [6, 6.07) is 9.01. The summed E-state index contributed by atoms with van der Waals surface area (Å²) >= 11 is 0. The van der Waals surface area contributed by atoms with Crippen molar-refractivity contribution < 1.29 is 17.6 Å². The fourth-order valence-corrected chi connectivity index (χ4v) is 5.79. The molecule has 0 radical (unpaired) electrons. The number of amides is 1. The molecule has 2 aliphatic rings. The van der Waals surface area contributed by atoms with Gasteiger partial charge in [0.05, 0.1) is 6.04 Å². The molecule has 8 heteroatoms. The van der Waals surface area contributed by atoms with Crippen molar-refractivity contribution >= 4 is 15.9 Å². The molecule has 6 nitrogen and oxygen atoms in total. The van der Waals surface area contributed by atoms with E-state index >= 15 is 0 Å². The van der Waals surface area contributed by atoms with Gasteiger partial charge in [-0.05, 0) is 35.7 Å². The van der Waals surface area contributed by atoms with E-state index in [4.69, 9.17) is 0 Å². The van der Waals surface area contributed by atoms with E-state index in [1.165, 1.54) is 41.8 Å². The smallest absolute Gasteiger partial charge is 0.244 e. The highest BCUT2D eigenvalue weighted by atomic mass is 32.2. The lowest BCUT2D eigenvalue weighted by molar-refractivity contribution is -0.130. The number of likely N-dealkylation sites (tertiary alicyclic amines) is 1. The van der Waals surface area contributed by atoms with Crippen molar-refractivity contribution in [3.63, 3.8) is 0 Å². The van der Waals surface area contributed by atoms with Gasteiger partial charge in [0.2, 0.25) is 15.9 Å². The minimum Gasteiger partial charge on any atom is -0.335 e. The molecular formula is C19H20FN3O3S. The van der Waals surface area contributed by atoms with E-state index in [9.17, 15) is 17.6 Å². The van der Waals surface area contributed by atoms with E-state index in [2.05, 4.69) is 4.98 Å². The Hall–Kier alpha value is -2.32. The zero-order chi connectivity index (χ0) is 19.2. The number of carbonyl (C=O) groups is 1. The van der Waals surface area contributed by atoms with E-state index < -0.39 is 10.0 Å². The highest BCUT2D eigenvalue weighted by Gasteiger charge is 2.51. The summed E-state index contributed by atoms with van der Waals surface area (Å²) in [5.41, 5.74) is 0.707. The molecule has 0 saturated carbocycles. The second-order valence-corrected chi connectivity index (χ2v) is 9.04. The summed E-state index contributed by atoms with van der Waals surface area (Å²) in [6.07, 6.45) is 2.87. The molecule has 2 fully saturated rings. The average molecular weight is 389 g/mol. The zero-order valence-corrected chi connectivity index (χ0v) is 15.6. The highest BCUT2D eigenvalue weighted by molar-refractivity contribution is 7.89. The number of nitrogens with zero attached hydrogens (tertiary/aromatic N) is 3.